The minimum Gasteiger partial charge on any atom is -0.313 e. The number of hydrogen-bond acceptors (Lipinski definition) is 2. The van der Waals surface area contributed by atoms with Crippen molar-refractivity contribution < 1.29 is 0 Å². The van der Waals surface area contributed by atoms with E-state index < -0.39 is 0 Å². The van der Waals surface area contributed by atoms with Gasteiger partial charge in [0.2, 0.25) is 0 Å². The first-order chi connectivity index (χ1) is 8.15. The standard InChI is InChI=1S/C15H30N2/c1-12(2)9-15-11-17(10-14-5-4-6-14)13(3)7-8-16-15/h12-16H,4-11H2,1-3H3. The molecule has 1 saturated heterocycles. The Morgan fingerprint density at radius 1 is 1.24 bits per heavy atom. The lowest BCUT2D eigenvalue weighted by molar-refractivity contribution is 0.134. The lowest BCUT2D eigenvalue weighted by Crippen LogP contribution is -2.43. The van der Waals surface area contributed by atoms with E-state index >= 15 is 0 Å². The maximum Gasteiger partial charge on any atom is 0.0197 e. The minimum absolute atomic E-state index is 0.722. The van der Waals surface area contributed by atoms with Gasteiger partial charge in [-0.15, -0.1) is 0 Å². The fourth-order valence-electron chi connectivity index (χ4n) is 3.19. The highest BCUT2D eigenvalue weighted by molar-refractivity contribution is 4.84. The van der Waals surface area contributed by atoms with Gasteiger partial charge in [-0.3, -0.25) is 4.90 Å². The third-order valence-electron chi connectivity index (χ3n) is 4.55. The average Bonchev–Trinajstić information content (AvgIpc) is 2.34. The molecule has 0 aromatic heterocycles. The zero-order valence-electron chi connectivity index (χ0n) is 11.9. The normalized spacial score (nSPS) is 32.5. The van der Waals surface area contributed by atoms with Crippen molar-refractivity contribution >= 4 is 0 Å². The first-order valence-corrected chi connectivity index (χ1v) is 7.62. The van der Waals surface area contributed by atoms with Gasteiger partial charge in [0.15, 0.2) is 0 Å². The fraction of sp³-hybridized carbons (Fsp3) is 1.00. The highest BCUT2D eigenvalue weighted by atomic mass is 15.2. The minimum atomic E-state index is 0.722. The molecule has 1 N–H and O–H groups in total. The van der Waals surface area contributed by atoms with Crippen LogP contribution in [-0.4, -0.2) is 36.6 Å². The van der Waals surface area contributed by atoms with Gasteiger partial charge in [-0.2, -0.15) is 0 Å². The summed E-state index contributed by atoms with van der Waals surface area (Å²) in [4.78, 5) is 2.76. The van der Waals surface area contributed by atoms with Gasteiger partial charge in [-0.05, 0) is 51.0 Å². The van der Waals surface area contributed by atoms with Crippen LogP contribution in [0.25, 0.3) is 0 Å². The second-order valence-electron chi connectivity index (χ2n) is 6.67. The Hall–Kier alpha value is -0.0800. The summed E-state index contributed by atoms with van der Waals surface area (Å²) in [5, 5.41) is 3.74. The number of rotatable bonds is 4. The summed E-state index contributed by atoms with van der Waals surface area (Å²) in [6.07, 6.45) is 7.08. The quantitative estimate of drug-likeness (QED) is 0.810. The van der Waals surface area contributed by atoms with Crippen LogP contribution in [-0.2, 0) is 0 Å². The van der Waals surface area contributed by atoms with Crippen LogP contribution in [0.5, 0.6) is 0 Å². The smallest absolute Gasteiger partial charge is 0.0197 e. The summed E-state index contributed by atoms with van der Waals surface area (Å²) in [5.74, 6) is 1.82. The first-order valence-electron chi connectivity index (χ1n) is 7.62. The van der Waals surface area contributed by atoms with Crippen LogP contribution in [0.3, 0.4) is 0 Å². The molecule has 2 atom stereocenters. The van der Waals surface area contributed by atoms with Crippen LogP contribution in [0.15, 0.2) is 0 Å². The van der Waals surface area contributed by atoms with E-state index in [0.29, 0.717) is 0 Å². The van der Waals surface area contributed by atoms with Crippen molar-refractivity contribution in [2.75, 3.05) is 19.6 Å². The van der Waals surface area contributed by atoms with E-state index in [4.69, 9.17) is 0 Å². The largest absolute Gasteiger partial charge is 0.313 e. The zero-order valence-corrected chi connectivity index (χ0v) is 11.9. The van der Waals surface area contributed by atoms with Gasteiger partial charge in [0.1, 0.15) is 0 Å². The van der Waals surface area contributed by atoms with Crippen LogP contribution >= 0.6 is 0 Å². The van der Waals surface area contributed by atoms with Crippen molar-refractivity contribution in [2.24, 2.45) is 11.8 Å². The molecule has 0 spiro atoms. The molecule has 17 heavy (non-hydrogen) atoms. The molecule has 100 valence electrons. The molecule has 0 aromatic rings. The van der Waals surface area contributed by atoms with Crippen LogP contribution in [0.2, 0.25) is 0 Å². The Bertz CT molecular complexity index is 223. The summed E-state index contributed by atoms with van der Waals surface area (Å²) < 4.78 is 0. The molecular formula is C15H30N2. The second-order valence-corrected chi connectivity index (χ2v) is 6.67. The van der Waals surface area contributed by atoms with Gasteiger partial charge < -0.3 is 5.32 Å². The Balaban J connectivity index is 1.86. The molecule has 2 unspecified atom stereocenters. The fourth-order valence-corrected chi connectivity index (χ4v) is 3.19. The summed E-state index contributed by atoms with van der Waals surface area (Å²) in [6.45, 7) is 10.9. The predicted molar refractivity (Wildman–Crippen MR) is 74.2 cm³/mol. The molecule has 2 rings (SSSR count). The highest BCUT2D eigenvalue weighted by Gasteiger charge is 2.27. The third-order valence-corrected chi connectivity index (χ3v) is 4.55. The number of nitrogens with one attached hydrogen (secondary N) is 1. The highest BCUT2D eigenvalue weighted by Crippen LogP contribution is 2.28. The SMILES string of the molecule is CC(C)CC1CN(CC2CCC2)C(C)CCN1. The zero-order chi connectivity index (χ0) is 12.3. The summed E-state index contributed by atoms with van der Waals surface area (Å²) in [5.41, 5.74) is 0. The van der Waals surface area contributed by atoms with Gasteiger partial charge in [0.05, 0.1) is 0 Å². The summed E-state index contributed by atoms with van der Waals surface area (Å²) in [7, 11) is 0. The molecule has 2 fully saturated rings. The van der Waals surface area contributed by atoms with E-state index in [1.807, 2.05) is 0 Å². The molecule has 0 radical (unpaired) electrons. The van der Waals surface area contributed by atoms with Gasteiger partial charge in [-0.25, -0.2) is 0 Å². The third kappa shape index (κ3) is 3.96. The molecule has 0 aromatic carbocycles. The summed E-state index contributed by atoms with van der Waals surface area (Å²) in [6, 6.07) is 1.50. The molecule has 0 amide bonds. The molecule has 1 saturated carbocycles. The lowest BCUT2D eigenvalue weighted by atomic mass is 9.84. The van der Waals surface area contributed by atoms with Crippen molar-refractivity contribution in [1.82, 2.24) is 10.2 Å². The van der Waals surface area contributed by atoms with Crippen LogP contribution in [0.4, 0.5) is 0 Å². The average molecular weight is 238 g/mol. The van der Waals surface area contributed by atoms with Gasteiger partial charge >= 0.3 is 0 Å². The van der Waals surface area contributed by atoms with Gasteiger partial charge in [0.25, 0.3) is 0 Å². The molecule has 2 aliphatic rings. The topological polar surface area (TPSA) is 15.3 Å². The van der Waals surface area contributed by atoms with Gasteiger partial charge in [-0.1, -0.05) is 20.3 Å². The predicted octanol–water partition coefficient (Wildman–Crippen LogP) is 2.89. The molecular weight excluding hydrogens is 208 g/mol. The van der Waals surface area contributed by atoms with E-state index in [1.165, 1.54) is 51.7 Å². The van der Waals surface area contributed by atoms with Crippen molar-refractivity contribution in [3.8, 4) is 0 Å². The van der Waals surface area contributed by atoms with Crippen molar-refractivity contribution in [1.29, 1.82) is 0 Å². The van der Waals surface area contributed by atoms with Crippen LogP contribution < -0.4 is 5.32 Å². The number of nitrogens with zero attached hydrogens (tertiary/aromatic N) is 1. The van der Waals surface area contributed by atoms with Crippen LogP contribution in [0.1, 0.15) is 52.9 Å². The van der Waals surface area contributed by atoms with Crippen molar-refractivity contribution in [3.05, 3.63) is 0 Å². The Labute approximate surface area is 107 Å². The maximum atomic E-state index is 3.74. The van der Waals surface area contributed by atoms with E-state index in [1.54, 1.807) is 0 Å². The maximum absolute atomic E-state index is 3.74. The van der Waals surface area contributed by atoms with Crippen molar-refractivity contribution in [3.63, 3.8) is 0 Å². The van der Waals surface area contributed by atoms with Gasteiger partial charge in [0, 0.05) is 25.2 Å². The molecule has 1 heterocycles. The van der Waals surface area contributed by atoms with Crippen LogP contribution in [0, 0.1) is 11.8 Å². The van der Waals surface area contributed by atoms with E-state index in [0.717, 1.165) is 23.9 Å². The molecule has 1 aliphatic heterocycles. The van der Waals surface area contributed by atoms with E-state index in [2.05, 4.69) is 31.0 Å². The molecule has 2 nitrogen and oxygen atoms in total. The molecule has 2 heteroatoms. The second kappa shape index (κ2) is 6.19. The van der Waals surface area contributed by atoms with E-state index in [9.17, 15) is 0 Å². The lowest BCUT2D eigenvalue weighted by Gasteiger charge is -2.36. The monoisotopic (exact) mass is 238 g/mol. The number of hydrogen-bond donors (Lipinski definition) is 1. The van der Waals surface area contributed by atoms with E-state index in [-0.39, 0.29) is 0 Å². The Kier molecular flexibility index (Phi) is 4.87. The Morgan fingerprint density at radius 3 is 2.59 bits per heavy atom. The summed E-state index contributed by atoms with van der Waals surface area (Å²) >= 11 is 0. The van der Waals surface area contributed by atoms with Crippen molar-refractivity contribution in [2.45, 2.75) is 65.0 Å². The Morgan fingerprint density at radius 2 is 2.00 bits per heavy atom. The first kappa shape index (κ1) is 13.4. The molecule has 1 aliphatic carbocycles. The molecule has 0 bridgehead atoms.